The summed E-state index contributed by atoms with van der Waals surface area (Å²) >= 11 is 1.48. The van der Waals surface area contributed by atoms with Crippen LogP contribution in [0.2, 0.25) is 0 Å². The molecule has 1 amide bonds. The van der Waals surface area contributed by atoms with Gasteiger partial charge in [-0.2, -0.15) is 0 Å². The van der Waals surface area contributed by atoms with Gasteiger partial charge in [0.25, 0.3) is 5.91 Å². The minimum Gasteiger partial charge on any atom is -0.399 e. The summed E-state index contributed by atoms with van der Waals surface area (Å²) in [6, 6.07) is 10.9. The predicted molar refractivity (Wildman–Crippen MR) is 67.9 cm³/mol. The van der Waals surface area contributed by atoms with Crippen LogP contribution in [0, 0.1) is 6.92 Å². The van der Waals surface area contributed by atoms with E-state index in [-0.39, 0.29) is 5.91 Å². The smallest absolute Gasteiger partial charge is 0.265 e. The molecule has 0 saturated heterocycles. The molecule has 0 aliphatic rings. The van der Waals surface area contributed by atoms with Crippen molar-refractivity contribution in [3.63, 3.8) is 0 Å². The van der Waals surface area contributed by atoms with Crippen molar-refractivity contribution in [3.05, 3.63) is 46.2 Å². The molecule has 2 aromatic rings. The second-order valence-corrected chi connectivity index (χ2v) is 4.78. The first-order valence-corrected chi connectivity index (χ1v) is 5.70. The minimum atomic E-state index is -0.0938. The van der Waals surface area contributed by atoms with Crippen molar-refractivity contribution < 1.29 is 4.79 Å². The van der Waals surface area contributed by atoms with Gasteiger partial charge in [0.1, 0.15) is 0 Å². The summed E-state index contributed by atoms with van der Waals surface area (Å²) in [5.41, 5.74) is 6.99. The third-order valence-corrected chi connectivity index (χ3v) is 3.11. The highest BCUT2D eigenvalue weighted by Crippen LogP contribution is 2.18. The molecule has 0 fully saturated rings. The van der Waals surface area contributed by atoms with Gasteiger partial charge < -0.3 is 11.1 Å². The molecule has 3 N–H and O–H groups in total. The van der Waals surface area contributed by atoms with E-state index >= 15 is 0 Å². The molecule has 1 aromatic carbocycles. The third kappa shape index (κ3) is 2.41. The van der Waals surface area contributed by atoms with Gasteiger partial charge in [-0.25, -0.2) is 0 Å². The second-order valence-electron chi connectivity index (χ2n) is 3.49. The zero-order valence-electron chi connectivity index (χ0n) is 8.86. The van der Waals surface area contributed by atoms with Gasteiger partial charge in [0.15, 0.2) is 0 Å². The van der Waals surface area contributed by atoms with Crippen molar-refractivity contribution in [3.8, 4) is 0 Å². The van der Waals surface area contributed by atoms with Crippen LogP contribution in [0.1, 0.15) is 14.5 Å². The molecular weight excluding hydrogens is 220 g/mol. The number of nitrogens with two attached hydrogens (primary N) is 1. The predicted octanol–water partition coefficient (Wildman–Crippen LogP) is 2.89. The molecule has 0 unspecified atom stereocenters. The van der Waals surface area contributed by atoms with Gasteiger partial charge in [-0.3, -0.25) is 4.79 Å². The lowest BCUT2D eigenvalue weighted by molar-refractivity contribution is 0.103. The number of nitrogen functional groups attached to an aromatic ring is 1. The van der Waals surface area contributed by atoms with Crippen LogP contribution in [0.5, 0.6) is 0 Å². The standard InChI is InChI=1S/C12H12N2OS/c1-8-5-6-11(16-8)12(15)14-10-4-2-3-9(13)7-10/h2-7H,13H2,1H3,(H,14,15). The van der Waals surface area contributed by atoms with E-state index in [1.807, 2.05) is 31.2 Å². The number of carbonyl (C=O) groups excluding carboxylic acids is 1. The molecule has 0 atom stereocenters. The number of nitrogens with one attached hydrogen (secondary N) is 1. The Bertz CT molecular complexity index is 519. The van der Waals surface area contributed by atoms with Gasteiger partial charge in [0, 0.05) is 16.3 Å². The summed E-state index contributed by atoms with van der Waals surface area (Å²) < 4.78 is 0. The summed E-state index contributed by atoms with van der Waals surface area (Å²) in [6.07, 6.45) is 0. The number of carbonyl (C=O) groups is 1. The van der Waals surface area contributed by atoms with E-state index < -0.39 is 0 Å². The Hall–Kier alpha value is -1.81. The third-order valence-electron chi connectivity index (χ3n) is 2.11. The lowest BCUT2D eigenvalue weighted by atomic mass is 10.3. The number of benzene rings is 1. The first-order valence-electron chi connectivity index (χ1n) is 4.88. The number of thiophene rings is 1. The maximum atomic E-state index is 11.8. The normalized spacial score (nSPS) is 10.1. The maximum Gasteiger partial charge on any atom is 0.265 e. The monoisotopic (exact) mass is 232 g/mol. The van der Waals surface area contributed by atoms with E-state index in [9.17, 15) is 4.79 Å². The molecule has 0 aliphatic heterocycles. The van der Waals surface area contributed by atoms with Crippen LogP contribution in [0.3, 0.4) is 0 Å². The molecule has 0 bridgehead atoms. The number of hydrogen-bond acceptors (Lipinski definition) is 3. The highest BCUT2D eigenvalue weighted by molar-refractivity contribution is 7.14. The van der Waals surface area contributed by atoms with Crippen LogP contribution in [0.25, 0.3) is 0 Å². The SMILES string of the molecule is Cc1ccc(C(=O)Nc2cccc(N)c2)s1. The molecule has 0 radical (unpaired) electrons. The summed E-state index contributed by atoms with van der Waals surface area (Å²) in [7, 11) is 0. The van der Waals surface area contributed by atoms with Gasteiger partial charge in [-0.1, -0.05) is 6.07 Å². The summed E-state index contributed by atoms with van der Waals surface area (Å²) in [5.74, 6) is -0.0938. The van der Waals surface area contributed by atoms with Gasteiger partial charge in [0.2, 0.25) is 0 Å². The molecule has 0 aliphatic carbocycles. The highest BCUT2D eigenvalue weighted by atomic mass is 32.1. The van der Waals surface area contributed by atoms with Crippen molar-refractivity contribution >= 4 is 28.6 Å². The van der Waals surface area contributed by atoms with Crippen LogP contribution in [-0.4, -0.2) is 5.91 Å². The average Bonchev–Trinajstić information content (AvgIpc) is 2.65. The van der Waals surface area contributed by atoms with E-state index in [1.54, 1.807) is 12.1 Å². The van der Waals surface area contributed by atoms with E-state index in [0.29, 0.717) is 10.6 Å². The van der Waals surface area contributed by atoms with Crippen molar-refractivity contribution in [1.82, 2.24) is 0 Å². The Kier molecular flexibility index (Phi) is 2.92. The maximum absolute atomic E-state index is 11.8. The largest absolute Gasteiger partial charge is 0.399 e. The highest BCUT2D eigenvalue weighted by Gasteiger charge is 2.07. The number of aryl methyl sites for hydroxylation is 1. The van der Waals surface area contributed by atoms with E-state index in [0.717, 1.165) is 10.6 Å². The van der Waals surface area contributed by atoms with Crippen molar-refractivity contribution in [2.75, 3.05) is 11.1 Å². The van der Waals surface area contributed by atoms with Crippen molar-refractivity contribution in [2.24, 2.45) is 0 Å². The first-order chi connectivity index (χ1) is 7.65. The van der Waals surface area contributed by atoms with Crippen LogP contribution in [-0.2, 0) is 0 Å². The van der Waals surface area contributed by atoms with Crippen molar-refractivity contribution in [2.45, 2.75) is 6.92 Å². The molecule has 1 heterocycles. The van der Waals surface area contributed by atoms with Crippen molar-refractivity contribution in [1.29, 1.82) is 0 Å². The Labute approximate surface area is 97.9 Å². The van der Waals surface area contributed by atoms with E-state index in [4.69, 9.17) is 5.73 Å². The summed E-state index contributed by atoms with van der Waals surface area (Å²) in [5, 5.41) is 2.80. The Morgan fingerprint density at radius 3 is 2.75 bits per heavy atom. The summed E-state index contributed by atoms with van der Waals surface area (Å²) in [6.45, 7) is 1.97. The fourth-order valence-electron chi connectivity index (χ4n) is 1.37. The number of amides is 1. The Morgan fingerprint density at radius 1 is 1.31 bits per heavy atom. The topological polar surface area (TPSA) is 55.1 Å². The van der Waals surface area contributed by atoms with Gasteiger partial charge >= 0.3 is 0 Å². The van der Waals surface area contributed by atoms with Gasteiger partial charge in [-0.15, -0.1) is 11.3 Å². The second kappa shape index (κ2) is 4.37. The molecule has 1 aromatic heterocycles. The van der Waals surface area contributed by atoms with Gasteiger partial charge in [-0.05, 0) is 37.3 Å². The van der Waals surface area contributed by atoms with E-state index in [2.05, 4.69) is 5.32 Å². The number of hydrogen-bond donors (Lipinski definition) is 2. The van der Waals surface area contributed by atoms with Crippen LogP contribution in [0.15, 0.2) is 36.4 Å². The Morgan fingerprint density at radius 2 is 2.12 bits per heavy atom. The summed E-state index contributed by atoms with van der Waals surface area (Å²) in [4.78, 5) is 13.6. The van der Waals surface area contributed by atoms with Crippen LogP contribution < -0.4 is 11.1 Å². The molecule has 16 heavy (non-hydrogen) atoms. The molecule has 4 heteroatoms. The molecule has 3 nitrogen and oxygen atoms in total. The lowest BCUT2D eigenvalue weighted by Crippen LogP contribution is -2.10. The fraction of sp³-hybridized carbons (Fsp3) is 0.0833. The molecule has 82 valence electrons. The molecule has 0 spiro atoms. The molecule has 0 saturated carbocycles. The Balaban J connectivity index is 2.13. The first kappa shape index (κ1) is 10.7. The van der Waals surface area contributed by atoms with E-state index in [1.165, 1.54) is 11.3 Å². The number of anilines is 2. The van der Waals surface area contributed by atoms with Crippen LogP contribution in [0.4, 0.5) is 11.4 Å². The zero-order chi connectivity index (χ0) is 11.5. The molecule has 2 rings (SSSR count). The molecular formula is C12H12N2OS. The lowest BCUT2D eigenvalue weighted by Gasteiger charge is -2.03. The average molecular weight is 232 g/mol. The number of rotatable bonds is 2. The minimum absolute atomic E-state index is 0.0938. The zero-order valence-corrected chi connectivity index (χ0v) is 9.67. The quantitative estimate of drug-likeness (QED) is 0.782. The fourth-order valence-corrected chi connectivity index (χ4v) is 2.13. The van der Waals surface area contributed by atoms with Crippen LogP contribution >= 0.6 is 11.3 Å². The van der Waals surface area contributed by atoms with Gasteiger partial charge in [0.05, 0.1) is 4.88 Å².